The molecule has 1 aliphatic rings. The Hall–Kier alpha value is -1.05. The number of esters is 1. The summed E-state index contributed by atoms with van der Waals surface area (Å²) in [5.41, 5.74) is -12.5. The number of hydrogen-bond acceptors (Lipinski definition) is 6. The van der Waals surface area contributed by atoms with Crippen LogP contribution in [0.2, 0.25) is 0 Å². The fourth-order valence-electron chi connectivity index (χ4n) is 3.08. The lowest BCUT2D eigenvalue weighted by Gasteiger charge is -2.32. The zero-order valence-corrected chi connectivity index (χ0v) is 17.2. The summed E-state index contributed by atoms with van der Waals surface area (Å²) in [6, 6.07) is 0. The van der Waals surface area contributed by atoms with E-state index in [9.17, 15) is 48.0 Å². The predicted molar refractivity (Wildman–Crippen MR) is 89.6 cm³/mol. The highest BCUT2D eigenvalue weighted by Crippen LogP contribution is 2.44. The van der Waals surface area contributed by atoms with Gasteiger partial charge in [0.2, 0.25) is 0 Å². The van der Waals surface area contributed by atoms with Crippen LogP contribution in [0, 0.1) is 11.8 Å². The van der Waals surface area contributed by atoms with Gasteiger partial charge in [-0.15, -0.1) is 0 Å². The number of alkyl halides is 6. The van der Waals surface area contributed by atoms with Gasteiger partial charge in [0, 0.05) is 5.92 Å². The van der Waals surface area contributed by atoms with E-state index in [0.717, 1.165) is 0 Å². The molecular weight excluding hydrogens is 454 g/mol. The van der Waals surface area contributed by atoms with E-state index in [1.54, 1.807) is 6.92 Å². The quantitative estimate of drug-likeness (QED) is 0.330. The number of halogens is 6. The van der Waals surface area contributed by atoms with Crippen LogP contribution in [0.3, 0.4) is 0 Å². The van der Waals surface area contributed by atoms with E-state index in [2.05, 4.69) is 0 Å². The van der Waals surface area contributed by atoms with Crippen molar-refractivity contribution < 1.29 is 52.7 Å². The Labute approximate surface area is 164 Å². The predicted octanol–water partition coefficient (Wildman–Crippen LogP) is 3.72. The van der Waals surface area contributed by atoms with Gasteiger partial charge in [-0.3, -0.25) is 4.79 Å². The van der Waals surface area contributed by atoms with Crippen LogP contribution in [0.4, 0.5) is 26.3 Å². The smallest absolute Gasteiger partial charge is 0.462 e. The normalized spacial score (nSPS) is 23.5. The molecule has 0 aromatic carbocycles. The maximum absolute atomic E-state index is 13.1. The van der Waals surface area contributed by atoms with Gasteiger partial charge < -0.3 is 4.74 Å². The summed E-state index contributed by atoms with van der Waals surface area (Å²) < 4.78 is 128. The lowest BCUT2D eigenvalue weighted by atomic mass is 9.98. The first kappa shape index (κ1) is 26.0. The lowest BCUT2D eigenvalue weighted by Crippen LogP contribution is -2.52. The largest absolute Gasteiger partial charge is 0.498 e. The van der Waals surface area contributed by atoms with Gasteiger partial charge in [0.25, 0.3) is 19.7 Å². The summed E-state index contributed by atoms with van der Waals surface area (Å²) >= 11 is 0. The van der Waals surface area contributed by atoms with Crippen LogP contribution in [0.25, 0.3) is 0 Å². The van der Waals surface area contributed by atoms with Crippen molar-refractivity contribution in [3.63, 3.8) is 0 Å². The fourth-order valence-corrected chi connectivity index (χ4v) is 7.14. The van der Waals surface area contributed by atoms with Crippen molar-refractivity contribution >= 4 is 25.6 Å². The van der Waals surface area contributed by atoms with Crippen molar-refractivity contribution in [2.75, 3.05) is 0 Å². The molecule has 0 aromatic rings. The molecule has 14 heteroatoms. The summed E-state index contributed by atoms with van der Waals surface area (Å²) in [6.45, 7) is 2.99. The maximum Gasteiger partial charge on any atom is 0.498 e. The van der Waals surface area contributed by atoms with Crippen molar-refractivity contribution in [3.8, 4) is 0 Å². The number of sulfone groups is 2. The molecule has 0 heterocycles. The van der Waals surface area contributed by atoms with Crippen LogP contribution in [0.1, 0.15) is 52.4 Å². The third kappa shape index (κ3) is 5.56. The Morgan fingerprint density at radius 1 is 0.931 bits per heavy atom. The molecule has 29 heavy (non-hydrogen) atoms. The first-order valence-electron chi connectivity index (χ1n) is 8.79. The van der Waals surface area contributed by atoms with Gasteiger partial charge in [-0.1, -0.05) is 26.7 Å². The SMILES string of the molecule is CCC(C)C(=O)OC1CCCCCC1C(S(=O)(=O)C(F)(F)F)S(=O)(=O)C(F)(F)F. The fraction of sp³-hybridized carbons (Fsp3) is 0.933. The van der Waals surface area contributed by atoms with Crippen molar-refractivity contribution in [2.24, 2.45) is 11.8 Å². The summed E-state index contributed by atoms with van der Waals surface area (Å²) in [6.07, 6.45) is -1.78. The standard InChI is InChI=1S/C15H22F6O6S2/c1-3-9(2)12(22)27-11-8-6-4-5-7-10(11)13(28(23,24)14(16,17)18)29(25,26)15(19,20)21/h9-11,13H,3-8H2,1-2H3. The molecule has 1 aliphatic carbocycles. The van der Waals surface area contributed by atoms with Gasteiger partial charge in [0.15, 0.2) is 4.58 Å². The van der Waals surface area contributed by atoms with Gasteiger partial charge in [0.1, 0.15) is 6.10 Å². The number of rotatable bonds is 6. The minimum Gasteiger partial charge on any atom is -0.462 e. The number of hydrogen-bond donors (Lipinski definition) is 0. The second kappa shape index (κ2) is 8.98. The van der Waals surface area contributed by atoms with Gasteiger partial charge in [-0.25, -0.2) is 16.8 Å². The molecule has 1 saturated carbocycles. The molecule has 0 bridgehead atoms. The molecule has 0 aliphatic heterocycles. The molecule has 3 atom stereocenters. The average Bonchev–Trinajstić information content (AvgIpc) is 2.77. The first-order chi connectivity index (χ1) is 13.0. The van der Waals surface area contributed by atoms with Gasteiger partial charge in [-0.05, 0) is 25.7 Å². The van der Waals surface area contributed by atoms with Crippen LogP contribution in [0.5, 0.6) is 0 Å². The Bertz CT molecular complexity index is 743. The topological polar surface area (TPSA) is 94.6 Å². The zero-order chi connectivity index (χ0) is 22.8. The molecule has 1 fully saturated rings. The van der Waals surface area contributed by atoms with Crippen molar-refractivity contribution in [1.82, 2.24) is 0 Å². The highest BCUT2D eigenvalue weighted by molar-refractivity contribution is 8.09. The Morgan fingerprint density at radius 2 is 1.38 bits per heavy atom. The molecule has 6 nitrogen and oxygen atoms in total. The minimum absolute atomic E-state index is 0.0146. The monoisotopic (exact) mass is 476 g/mol. The molecule has 0 N–H and O–H groups in total. The molecule has 0 spiro atoms. The molecule has 0 saturated heterocycles. The van der Waals surface area contributed by atoms with Crippen LogP contribution in [-0.2, 0) is 29.2 Å². The Balaban J connectivity index is 3.60. The highest BCUT2D eigenvalue weighted by atomic mass is 32.3. The van der Waals surface area contributed by atoms with E-state index in [1.807, 2.05) is 0 Å². The van der Waals surface area contributed by atoms with E-state index >= 15 is 0 Å². The summed E-state index contributed by atoms with van der Waals surface area (Å²) in [5.74, 6) is -3.91. The van der Waals surface area contributed by atoms with Crippen LogP contribution in [-0.4, -0.2) is 44.5 Å². The third-order valence-corrected chi connectivity index (χ3v) is 9.63. The lowest BCUT2D eigenvalue weighted by molar-refractivity contribution is -0.156. The van der Waals surface area contributed by atoms with Crippen molar-refractivity contribution in [1.29, 1.82) is 0 Å². The van der Waals surface area contributed by atoms with Crippen molar-refractivity contribution in [2.45, 2.75) is 74.1 Å². The molecule has 1 rings (SSSR count). The third-order valence-electron chi connectivity index (χ3n) is 4.89. The molecule has 0 radical (unpaired) electrons. The van der Waals surface area contributed by atoms with E-state index < -0.39 is 65.6 Å². The van der Waals surface area contributed by atoms with E-state index in [4.69, 9.17) is 4.74 Å². The number of ether oxygens (including phenoxy) is 1. The second-order valence-corrected chi connectivity index (χ2v) is 11.4. The van der Waals surface area contributed by atoms with Gasteiger partial charge in [0.05, 0.1) is 5.92 Å². The molecule has 0 aromatic heterocycles. The molecule has 3 unspecified atom stereocenters. The van der Waals surface area contributed by atoms with E-state index in [-0.39, 0.29) is 25.7 Å². The van der Waals surface area contributed by atoms with Gasteiger partial charge >= 0.3 is 17.0 Å². The van der Waals surface area contributed by atoms with Crippen LogP contribution >= 0.6 is 0 Å². The summed E-state index contributed by atoms with van der Waals surface area (Å²) in [5, 5.41) is 0. The van der Waals surface area contributed by atoms with Crippen LogP contribution < -0.4 is 0 Å². The summed E-state index contributed by atoms with van der Waals surface area (Å²) in [4.78, 5) is 12.1. The molecule has 0 amide bonds. The minimum atomic E-state index is -6.79. The number of carbonyl (C=O) groups is 1. The second-order valence-electron chi connectivity index (χ2n) is 6.94. The molecular formula is C15H22F6O6S2. The number of carbonyl (C=O) groups excluding carboxylic acids is 1. The average molecular weight is 476 g/mol. The Morgan fingerprint density at radius 3 is 1.79 bits per heavy atom. The maximum atomic E-state index is 13.1. The van der Waals surface area contributed by atoms with E-state index in [0.29, 0.717) is 6.42 Å². The highest BCUT2D eigenvalue weighted by Gasteiger charge is 2.66. The van der Waals surface area contributed by atoms with Crippen LogP contribution in [0.15, 0.2) is 0 Å². The molecule has 172 valence electrons. The Kier molecular flexibility index (Phi) is 8.05. The van der Waals surface area contributed by atoms with Gasteiger partial charge in [-0.2, -0.15) is 26.3 Å². The van der Waals surface area contributed by atoms with Crippen molar-refractivity contribution in [3.05, 3.63) is 0 Å². The van der Waals surface area contributed by atoms with E-state index in [1.165, 1.54) is 6.92 Å². The zero-order valence-electron chi connectivity index (χ0n) is 15.6. The first-order valence-corrected chi connectivity index (χ1v) is 11.9. The summed E-state index contributed by atoms with van der Waals surface area (Å²) in [7, 11) is -13.6.